The quantitative estimate of drug-likeness (QED) is 0.866. The van der Waals surface area contributed by atoms with Crippen molar-refractivity contribution in [2.45, 2.75) is 26.7 Å². The lowest BCUT2D eigenvalue weighted by molar-refractivity contribution is 0.0700. The maximum absolute atomic E-state index is 11.3. The van der Waals surface area contributed by atoms with E-state index in [2.05, 4.69) is 34.8 Å². The standard InChI is InChI=1S/C15H16BrNO2S/c1-9(2)7-12-14(15(18)19)20-13(17-12)8-10-5-3-4-6-11(10)16/h3-6,9H,7-8H2,1-2H3,(H,18,19). The van der Waals surface area contributed by atoms with Crippen LogP contribution in [0.1, 0.15) is 39.8 Å². The Morgan fingerprint density at radius 2 is 2.10 bits per heavy atom. The molecule has 5 heteroatoms. The molecule has 0 atom stereocenters. The number of aromatic nitrogens is 1. The van der Waals surface area contributed by atoms with Crippen molar-refractivity contribution in [2.24, 2.45) is 5.92 Å². The van der Waals surface area contributed by atoms with Crippen molar-refractivity contribution >= 4 is 33.2 Å². The molecular weight excluding hydrogens is 338 g/mol. The van der Waals surface area contributed by atoms with Crippen molar-refractivity contribution in [3.63, 3.8) is 0 Å². The van der Waals surface area contributed by atoms with Gasteiger partial charge in [-0.2, -0.15) is 0 Å². The van der Waals surface area contributed by atoms with E-state index >= 15 is 0 Å². The summed E-state index contributed by atoms with van der Waals surface area (Å²) in [6.07, 6.45) is 1.36. The highest BCUT2D eigenvalue weighted by Crippen LogP contribution is 2.26. The Kier molecular flexibility index (Phi) is 4.94. The normalized spacial score (nSPS) is 11.0. The molecule has 1 heterocycles. The summed E-state index contributed by atoms with van der Waals surface area (Å²) in [6.45, 7) is 4.14. The van der Waals surface area contributed by atoms with E-state index in [1.165, 1.54) is 11.3 Å². The van der Waals surface area contributed by atoms with Crippen LogP contribution >= 0.6 is 27.3 Å². The van der Waals surface area contributed by atoms with Gasteiger partial charge in [0, 0.05) is 10.9 Å². The van der Waals surface area contributed by atoms with E-state index in [4.69, 9.17) is 0 Å². The summed E-state index contributed by atoms with van der Waals surface area (Å²) in [6, 6.07) is 7.94. The highest BCUT2D eigenvalue weighted by Gasteiger charge is 2.18. The Bertz CT molecular complexity index is 622. The number of hydrogen-bond acceptors (Lipinski definition) is 3. The summed E-state index contributed by atoms with van der Waals surface area (Å²) in [5.74, 6) is -0.483. The molecule has 1 aromatic heterocycles. The van der Waals surface area contributed by atoms with Crippen molar-refractivity contribution < 1.29 is 9.90 Å². The van der Waals surface area contributed by atoms with E-state index in [9.17, 15) is 9.90 Å². The monoisotopic (exact) mass is 353 g/mol. The predicted octanol–water partition coefficient (Wildman–Crippen LogP) is 4.39. The lowest BCUT2D eigenvalue weighted by atomic mass is 10.1. The van der Waals surface area contributed by atoms with Crippen LogP contribution in [0.15, 0.2) is 28.7 Å². The minimum Gasteiger partial charge on any atom is -0.477 e. The van der Waals surface area contributed by atoms with Crippen LogP contribution < -0.4 is 0 Å². The Labute approximate surface area is 130 Å². The van der Waals surface area contributed by atoms with Crippen molar-refractivity contribution in [1.82, 2.24) is 4.98 Å². The van der Waals surface area contributed by atoms with Crippen LogP contribution in [0.4, 0.5) is 0 Å². The fraction of sp³-hybridized carbons (Fsp3) is 0.333. The van der Waals surface area contributed by atoms with Gasteiger partial charge in [-0.15, -0.1) is 11.3 Å². The molecule has 0 unspecified atom stereocenters. The molecule has 2 aromatic rings. The van der Waals surface area contributed by atoms with Gasteiger partial charge < -0.3 is 5.11 Å². The maximum atomic E-state index is 11.3. The first kappa shape index (κ1) is 15.2. The van der Waals surface area contributed by atoms with Gasteiger partial charge in [0.25, 0.3) is 0 Å². The summed E-state index contributed by atoms with van der Waals surface area (Å²) < 4.78 is 1.03. The molecule has 1 aromatic carbocycles. The number of thiazole rings is 1. The minimum absolute atomic E-state index is 0.376. The molecule has 0 amide bonds. The molecular formula is C15H16BrNO2S. The van der Waals surface area contributed by atoms with Gasteiger partial charge >= 0.3 is 5.97 Å². The smallest absolute Gasteiger partial charge is 0.347 e. The SMILES string of the molecule is CC(C)Cc1nc(Cc2ccccc2Br)sc1C(=O)O. The van der Waals surface area contributed by atoms with Crippen molar-refractivity contribution in [3.8, 4) is 0 Å². The first-order valence-electron chi connectivity index (χ1n) is 6.42. The van der Waals surface area contributed by atoms with Crippen LogP contribution in [0, 0.1) is 5.92 Å². The zero-order chi connectivity index (χ0) is 14.7. The number of hydrogen-bond donors (Lipinski definition) is 1. The van der Waals surface area contributed by atoms with Crippen LogP contribution in [0.25, 0.3) is 0 Å². The summed E-state index contributed by atoms with van der Waals surface area (Å²) in [5, 5.41) is 10.1. The first-order valence-corrected chi connectivity index (χ1v) is 8.03. The van der Waals surface area contributed by atoms with Gasteiger partial charge in [0.05, 0.1) is 10.7 Å². The topological polar surface area (TPSA) is 50.2 Å². The highest BCUT2D eigenvalue weighted by atomic mass is 79.9. The third kappa shape index (κ3) is 3.67. The van der Waals surface area contributed by atoms with Gasteiger partial charge in [0.15, 0.2) is 0 Å². The number of carboxylic acid groups (broad SMARTS) is 1. The molecule has 0 saturated carbocycles. The molecule has 0 bridgehead atoms. The summed E-state index contributed by atoms with van der Waals surface area (Å²) in [7, 11) is 0. The van der Waals surface area contributed by atoms with Crippen LogP contribution in [-0.2, 0) is 12.8 Å². The van der Waals surface area contributed by atoms with Gasteiger partial charge in [0.2, 0.25) is 0 Å². The van der Waals surface area contributed by atoms with Gasteiger partial charge in [-0.1, -0.05) is 48.0 Å². The average Bonchev–Trinajstić information content (AvgIpc) is 2.74. The van der Waals surface area contributed by atoms with Crippen LogP contribution in [0.3, 0.4) is 0 Å². The Hall–Kier alpha value is -1.20. The number of benzene rings is 1. The summed E-state index contributed by atoms with van der Waals surface area (Å²) >= 11 is 4.79. The number of carboxylic acids is 1. The first-order chi connectivity index (χ1) is 9.47. The summed E-state index contributed by atoms with van der Waals surface area (Å²) in [5.41, 5.74) is 1.83. The lowest BCUT2D eigenvalue weighted by Crippen LogP contribution is -2.02. The average molecular weight is 354 g/mol. The molecule has 0 aliphatic heterocycles. The number of aromatic carboxylic acids is 1. The molecule has 0 radical (unpaired) electrons. The van der Waals surface area contributed by atoms with E-state index < -0.39 is 5.97 Å². The van der Waals surface area contributed by atoms with Crippen LogP contribution in [-0.4, -0.2) is 16.1 Å². The molecule has 1 N–H and O–H groups in total. The molecule has 20 heavy (non-hydrogen) atoms. The number of nitrogens with zero attached hydrogens (tertiary/aromatic N) is 1. The largest absolute Gasteiger partial charge is 0.477 e. The molecule has 2 rings (SSSR count). The van der Waals surface area contributed by atoms with E-state index in [1.807, 2.05) is 24.3 Å². The highest BCUT2D eigenvalue weighted by molar-refractivity contribution is 9.10. The molecule has 0 saturated heterocycles. The number of halogens is 1. The fourth-order valence-electron chi connectivity index (χ4n) is 1.97. The molecule has 106 valence electrons. The van der Waals surface area contributed by atoms with Gasteiger partial charge in [-0.25, -0.2) is 9.78 Å². The number of rotatable bonds is 5. The molecule has 3 nitrogen and oxygen atoms in total. The molecule has 0 aliphatic rings. The van der Waals surface area contributed by atoms with Gasteiger partial charge in [0.1, 0.15) is 4.88 Å². The fourth-order valence-corrected chi connectivity index (χ4v) is 3.35. The number of carbonyl (C=O) groups is 1. The Morgan fingerprint density at radius 1 is 1.40 bits per heavy atom. The van der Waals surface area contributed by atoms with Crippen LogP contribution in [0.2, 0.25) is 0 Å². The second-order valence-electron chi connectivity index (χ2n) is 5.05. The predicted molar refractivity (Wildman–Crippen MR) is 84.6 cm³/mol. The van der Waals surface area contributed by atoms with E-state index in [0.29, 0.717) is 29.3 Å². The lowest BCUT2D eigenvalue weighted by Gasteiger charge is -2.02. The van der Waals surface area contributed by atoms with Crippen molar-refractivity contribution in [3.05, 3.63) is 49.9 Å². The zero-order valence-corrected chi connectivity index (χ0v) is 13.8. The van der Waals surface area contributed by atoms with E-state index in [0.717, 1.165) is 15.0 Å². The molecule has 0 spiro atoms. The zero-order valence-electron chi connectivity index (χ0n) is 11.4. The van der Waals surface area contributed by atoms with Gasteiger partial charge in [-0.3, -0.25) is 0 Å². The van der Waals surface area contributed by atoms with Crippen molar-refractivity contribution in [2.75, 3.05) is 0 Å². The molecule has 0 fully saturated rings. The Morgan fingerprint density at radius 3 is 2.70 bits per heavy atom. The van der Waals surface area contributed by atoms with Crippen molar-refractivity contribution in [1.29, 1.82) is 0 Å². The second-order valence-corrected chi connectivity index (χ2v) is 6.99. The second kappa shape index (κ2) is 6.50. The third-order valence-corrected chi connectivity index (χ3v) is 4.70. The Balaban J connectivity index is 2.29. The van der Waals surface area contributed by atoms with Gasteiger partial charge in [-0.05, 0) is 24.0 Å². The maximum Gasteiger partial charge on any atom is 0.347 e. The summed E-state index contributed by atoms with van der Waals surface area (Å²) in [4.78, 5) is 16.2. The minimum atomic E-state index is -0.878. The van der Waals surface area contributed by atoms with Crippen LogP contribution in [0.5, 0.6) is 0 Å². The van der Waals surface area contributed by atoms with E-state index in [-0.39, 0.29) is 0 Å². The molecule has 0 aliphatic carbocycles. The third-order valence-electron chi connectivity index (χ3n) is 2.84. The van der Waals surface area contributed by atoms with E-state index in [1.54, 1.807) is 0 Å².